The zero-order valence-electron chi connectivity index (χ0n) is 28.7. The Hall–Kier alpha value is -3.85. The van der Waals surface area contributed by atoms with Gasteiger partial charge in [-0.1, -0.05) is 32.0 Å². The van der Waals surface area contributed by atoms with E-state index in [1.807, 2.05) is 59.6 Å². The van der Waals surface area contributed by atoms with Crippen LogP contribution in [0.5, 0.6) is 11.5 Å². The molecule has 1 fully saturated rings. The third-order valence-electron chi connectivity index (χ3n) is 8.15. The molecule has 1 amide bonds. The first-order chi connectivity index (χ1) is 22.0. The summed E-state index contributed by atoms with van der Waals surface area (Å²) in [7, 11) is 0. The van der Waals surface area contributed by atoms with Crippen molar-refractivity contribution in [2.24, 2.45) is 0 Å². The van der Waals surface area contributed by atoms with Gasteiger partial charge in [-0.05, 0) is 96.0 Å². The van der Waals surface area contributed by atoms with Crippen molar-refractivity contribution in [1.82, 2.24) is 14.9 Å². The Morgan fingerprint density at radius 1 is 1.13 bits per heavy atom. The maximum Gasteiger partial charge on any atom is 0.410 e. The fraction of sp³-hybridized carbons (Fsp3) is 0.486. The fourth-order valence-corrected chi connectivity index (χ4v) is 7.20. The van der Waals surface area contributed by atoms with Gasteiger partial charge < -0.3 is 24.4 Å². The molecular weight excluding hydrogens is 596 g/mol. The highest BCUT2D eigenvalue weighted by atomic mass is 32.1. The van der Waals surface area contributed by atoms with Crippen LogP contribution in [-0.2, 0) is 11.2 Å². The van der Waals surface area contributed by atoms with Crippen LogP contribution in [0.25, 0.3) is 21.3 Å². The second-order valence-electron chi connectivity index (χ2n) is 13.1. The molecule has 0 spiro atoms. The number of aryl methyl sites for hydroxylation is 2. The number of benzene rings is 2. The first kappa shape index (κ1) is 33.5. The van der Waals surface area contributed by atoms with Gasteiger partial charge in [0.25, 0.3) is 0 Å². The molecule has 246 valence electrons. The van der Waals surface area contributed by atoms with Crippen molar-refractivity contribution in [3.8, 4) is 22.6 Å². The van der Waals surface area contributed by atoms with E-state index >= 15 is 0 Å². The summed E-state index contributed by atoms with van der Waals surface area (Å²) in [6, 6.07) is 10.7. The van der Waals surface area contributed by atoms with Gasteiger partial charge in [-0.3, -0.25) is 0 Å². The van der Waals surface area contributed by atoms with Crippen molar-refractivity contribution in [3.05, 3.63) is 58.1 Å². The summed E-state index contributed by atoms with van der Waals surface area (Å²) in [5.41, 5.74) is 7.13. The zero-order valence-corrected chi connectivity index (χ0v) is 29.6. The van der Waals surface area contributed by atoms with Crippen LogP contribution >= 0.6 is 11.3 Å². The second-order valence-corrected chi connectivity index (χ2v) is 14.3. The van der Waals surface area contributed by atoms with Gasteiger partial charge in [-0.2, -0.15) is 0 Å². The lowest BCUT2D eigenvalue weighted by Crippen LogP contribution is -2.41. The predicted molar refractivity (Wildman–Crippen MR) is 188 cm³/mol. The van der Waals surface area contributed by atoms with Gasteiger partial charge in [0.1, 0.15) is 17.1 Å². The predicted octanol–water partition coefficient (Wildman–Crippen LogP) is 9.58. The number of para-hydroxylation sites is 1. The van der Waals surface area contributed by atoms with E-state index in [2.05, 4.69) is 54.5 Å². The molecule has 8 nitrogen and oxygen atoms in total. The summed E-state index contributed by atoms with van der Waals surface area (Å²) in [5, 5.41) is 3.48. The highest BCUT2D eigenvalue weighted by molar-refractivity contribution is 7.19. The molecule has 0 aliphatic carbocycles. The monoisotopic (exact) mass is 644 g/mol. The minimum absolute atomic E-state index is 0.00479. The molecule has 0 radical (unpaired) electrons. The van der Waals surface area contributed by atoms with Crippen LogP contribution in [0.2, 0.25) is 0 Å². The number of nitrogens with one attached hydrogen (secondary N) is 1. The lowest BCUT2D eigenvalue weighted by atomic mass is 9.86. The van der Waals surface area contributed by atoms with Crippen molar-refractivity contribution in [3.63, 3.8) is 0 Å². The molecule has 1 saturated heterocycles. The number of nitrogens with zero attached hydrogens (tertiary/aromatic N) is 3. The topological polar surface area (TPSA) is 85.8 Å². The standard InChI is InChI=1S/C35H42N4O4S.C2H6/c1-20(2)42-28-18-26(23-11-14-39(15-12-23)34(40)43-35(5,6)7)21(3)17-27(28)37-33-36-19-29-31(38-33)30(22(4)44-29)25-10-8-9-24-13-16-41-32(24)25;1-2/h8-10,17-20,23H,11-16H2,1-7H3,(H,36,37,38);1-2H3. The Bertz CT molecular complexity index is 1700. The van der Waals surface area contributed by atoms with Gasteiger partial charge in [0.15, 0.2) is 0 Å². The minimum Gasteiger partial charge on any atom is -0.492 e. The molecule has 2 aliphatic rings. The summed E-state index contributed by atoms with van der Waals surface area (Å²) in [6.07, 6.45) is 4.35. The molecule has 9 heteroatoms. The average Bonchev–Trinajstić information content (AvgIpc) is 3.62. The lowest BCUT2D eigenvalue weighted by Gasteiger charge is -2.34. The number of aromatic nitrogens is 2. The fourth-order valence-electron chi connectivity index (χ4n) is 6.21. The summed E-state index contributed by atoms with van der Waals surface area (Å²) in [6.45, 7) is 20.1. The average molecular weight is 645 g/mol. The number of piperidine rings is 1. The van der Waals surface area contributed by atoms with Gasteiger partial charge in [0, 0.05) is 35.5 Å². The number of fused-ring (bicyclic) bond motifs is 2. The first-order valence-electron chi connectivity index (χ1n) is 16.5. The summed E-state index contributed by atoms with van der Waals surface area (Å²) < 4.78 is 19.0. The van der Waals surface area contributed by atoms with Crippen molar-refractivity contribution >= 4 is 39.3 Å². The van der Waals surface area contributed by atoms with E-state index < -0.39 is 5.60 Å². The third-order valence-corrected chi connectivity index (χ3v) is 9.18. The number of likely N-dealkylation sites (tertiary alicyclic amines) is 1. The maximum absolute atomic E-state index is 12.6. The van der Waals surface area contributed by atoms with Crippen LogP contribution in [0.1, 0.15) is 88.8 Å². The molecule has 0 unspecified atom stereocenters. The van der Waals surface area contributed by atoms with Crippen LogP contribution in [-0.4, -0.2) is 52.4 Å². The van der Waals surface area contributed by atoms with Crippen molar-refractivity contribution in [2.45, 2.75) is 99.2 Å². The molecule has 1 N–H and O–H groups in total. The number of amides is 1. The molecule has 0 bridgehead atoms. The molecule has 4 aromatic rings. The second kappa shape index (κ2) is 13.9. The summed E-state index contributed by atoms with van der Waals surface area (Å²) in [5.74, 6) is 2.60. The van der Waals surface area contributed by atoms with E-state index in [1.165, 1.54) is 21.6 Å². The van der Waals surface area contributed by atoms with Gasteiger partial charge in [0.05, 0.1) is 34.8 Å². The van der Waals surface area contributed by atoms with Crippen molar-refractivity contribution < 1.29 is 19.0 Å². The Morgan fingerprint density at radius 3 is 2.57 bits per heavy atom. The Kier molecular flexibility index (Phi) is 10.1. The number of anilines is 2. The van der Waals surface area contributed by atoms with E-state index in [0.717, 1.165) is 57.8 Å². The van der Waals surface area contributed by atoms with Crippen molar-refractivity contribution in [1.29, 1.82) is 0 Å². The van der Waals surface area contributed by atoms with Gasteiger partial charge >= 0.3 is 6.09 Å². The Labute approximate surface area is 277 Å². The SMILES string of the molecule is CC.Cc1cc(Nc2ncc3sc(C)c(-c4cccc5c4OCC5)c3n2)c(OC(C)C)cc1C1CCN(C(=O)OC(C)(C)C)CC1. The first-order valence-corrected chi connectivity index (χ1v) is 17.4. The molecule has 0 saturated carbocycles. The number of hydrogen-bond donors (Lipinski definition) is 1. The van der Waals surface area contributed by atoms with E-state index in [-0.39, 0.29) is 12.2 Å². The van der Waals surface area contributed by atoms with Crippen LogP contribution in [0.4, 0.5) is 16.4 Å². The lowest BCUT2D eigenvalue weighted by molar-refractivity contribution is 0.0204. The molecular formula is C37H48N4O4S. The van der Waals surface area contributed by atoms with E-state index in [4.69, 9.17) is 19.2 Å². The number of thiophene rings is 1. The van der Waals surface area contributed by atoms with Gasteiger partial charge in [-0.25, -0.2) is 14.8 Å². The molecule has 2 aliphatic heterocycles. The molecule has 2 aromatic heterocycles. The molecule has 0 atom stereocenters. The molecule has 2 aromatic carbocycles. The number of hydrogen-bond acceptors (Lipinski definition) is 8. The molecule has 4 heterocycles. The van der Waals surface area contributed by atoms with Gasteiger partial charge in [0.2, 0.25) is 5.95 Å². The largest absolute Gasteiger partial charge is 0.492 e. The quantitative estimate of drug-likeness (QED) is 0.224. The van der Waals surface area contributed by atoms with Crippen LogP contribution in [0, 0.1) is 13.8 Å². The number of carbonyl (C=O) groups is 1. The van der Waals surface area contributed by atoms with Crippen LogP contribution in [0.3, 0.4) is 0 Å². The van der Waals surface area contributed by atoms with E-state index in [1.54, 1.807) is 11.3 Å². The number of rotatable bonds is 6. The summed E-state index contributed by atoms with van der Waals surface area (Å²) in [4.78, 5) is 25.3. The zero-order chi connectivity index (χ0) is 33.2. The van der Waals surface area contributed by atoms with E-state index in [9.17, 15) is 4.79 Å². The highest BCUT2D eigenvalue weighted by Gasteiger charge is 2.29. The summed E-state index contributed by atoms with van der Waals surface area (Å²) >= 11 is 1.70. The van der Waals surface area contributed by atoms with Crippen molar-refractivity contribution in [2.75, 3.05) is 25.0 Å². The molecule has 46 heavy (non-hydrogen) atoms. The minimum atomic E-state index is -0.496. The maximum atomic E-state index is 12.6. The van der Waals surface area contributed by atoms with E-state index in [0.29, 0.717) is 31.6 Å². The number of carbonyl (C=O) groups excluding carboxylic acids is 1. The normalized spacial score (nSPS) is 14.9. The smallest absolute Gasteiger partial charge is 0.410 e. The van der Waals surface area contributed by atoms with Gasteiger partial charge in [-0.15, -0.1) is 11.3 Å². The highest BCUT2D eigenvalue weighted by Crippen LogP contribution is 2.45. The number of ether oxygens (including phenoxy) is 3. The third kappa shape index (κ3) is 7.25. The molecule has 6 rings (SSSR count). The Morgan fingerprint density at radius 2 is 1.87 bits per heavy atom. The van der Waals surface area contributed by atoms with Crippen LogP contribution < -0.4 is 14.8 Å². The van der Waals surface area contributed by atoms with Crippen LogP contribution in [0.15, 0.2) is 36.5 Å². The Balaban J connectivity index is 0.00000204.